The minimum absolute atomic E-state index is 0.101. The molecule has 0 unspecified atom stereocenters. The van der Waals surface area contributed by atoms with Crippen LogP contribution < -0.4 is 15.7 Å². The molecule has 2 N–H and O–H groups in total. The maximum Gasteiger partial charge on any atom is 0.363 e. The fraction of sp³-hybridized carbons (Fsp3) is 0.188. The molecule has 2 heterocycles. The normalized spacial score (nSPS) is 11.5. The molecule has 24 heavy (non-hydrogen) atoms. The quantitative estimate of drug-likeness (QED) is 0.654. The summed E-state index contributed by atoms with van der Waals surface area (Å²) in [6.07, 6.45) is 0.825. The van der Waals surface area contributed by atoms with Crippen LogP contribution >= 0.6 is 11.3 Å². The first kappa shape index (κ1) is 16.5. The number of benzene rings is 1. The third-order valence-electron chi connectivity index (χ3n) is 3.36. The minimum atomic E-state index is -3.84. The van der Waals surface area contributed by atoms with Crippen molar-refractivity contribution in [3.8, 4) is 0 Å². The Kier molecular flexibility index (Phi) is 4.59. The van der Waals surface area contributed by atoms with Crippen molar-refractivity contribution in [2.24, 2.45) is 0 Å². The molecule has 3 rings (SSSR count). The molecule has 0 saturated heterocycles. The number of sulfonamides is 1. The Morgan fingerprint density at radius 1 is 1.12 bits per heavy atom. The number of hydrogen-bond acceptors (Lipinski definition) is 6. The first-order valence-electron chi connectivity index (χ1n) is 7.39. The van der Waals surface area contributed by atoms with Gasteiger partial charge in [-0.3, -0.25) is 4.72 Å². The summed E-state index contributed by atoms with van der Waals surface area (Å²) in [6, 6.07) is 10.1. The summed E-state index contributed by atoms with van der Waals surface area (Å²) in [6.45, 7) is 2.58. The maximum absolute atomic E-state index is 12.5. The van der Waals surface area contributed by atoms with Gasteiger partial charge in [0.05, 0.1) is 5.69 Å². The predicted octanol–water partition coefficient (Wildman–Crippen LogP) is 3.48. The average Bonchev–Trinajstić information content (AvgIpc) is 3.10. The van der Waals surface area contributed by atoms with Crippen LogP contribution in [0.4, 0.5) is 11.4 Å². The molecule has 0 atom stereocenters. The second-order valence-electron chi connectivity index (χ2n) is 5.10. The molecule has 1 aromatic carbocycles. The van der Waals surface area contributed by atoms with Gasteiger partial charge in [-0.2, -0.15) is 0 Å². The molecular weight excluding hydrogens is 348 g/mol. The Hall–Kier alpha value is -2.32. The molecule has 0 aliphatic heterocycles. The molecule has 0 radical (unpaired) electrons. The lowest BCUT2D eigenvalue weighted by atomic mass is 10.2. The zero-order valence-electron chi connectivity index (χ0n) is 12.9. The second kappa shape index (κ2) is 6.66. The van der Waals surface area contributed by atoms with Crippen LogP contribution in [0.15, 0.2) is 55.2 Å². The first-order chi connectivity index (χ1) is 11.5. The van der Waals surface area contributed by atoms with E-state index in [1.165, 1.54) is 6.07 Å². The number of para-hydroxylation sites is 1. The van der Waals surface area contributed by atoms with Crippen molar-refractivity contribution in [2.75, 3.05) is 16.6 Å². The highest BCUT2D eigenvalue weighted by atomic mass is 32.2. The molecule has 0 aliphatic carbocycles. The van der Waals surface area contributed by atoms with E-state index in [0.717, 1.165) is 17.8 Å². The van der Waals surface area contributed by atoms with Gasteiger partial charge in [0, 0.05) is 11.9 Å². The van der Waals surface area contributed by atoms with Gasteiger partial charge in [0.1, 0.15) is 9.79 Å². The highest BCUT2D eigenvalue weighted by Gasteiger charge is 2.22. The van der Waals surface area contributed by atoms with Crippen LogP contribution in [0.25, 0.3) is 11.0 Å². The summed E-state index contributed by atoms with van der Waals surface area (Å²) in [4.78, 5) is 12.3. The number of rotatable bonds is 6. The molecular formula is C16H16N2O4S2. The van der Waals surface area contributed by atoms with E-state index in [-0.39, 0.29) is 9.90 Å². The van der Waals surface area contributed by atoms with Gasteiger partial charge >= 0.3 is 5.63 Å². The maximum atomic E-state index is 12.5. The molecule has 0 aliphatic rings. The van der Waals surface area contributed by atoms with Crippen LogP contribution in [0.5, 0.6) is 0 Å². The van der Waals surface area contributed by atoms with Crippen LogP contribution in [0.1, 0.15) is 13.3 Å². The fourth-order valence-corrected chi connectivity index (χ4v) is 4.34. The molecule has 3 aromatic rings. The van der Waals surface area contributed by atoms with Gasteiger partial charge < -0.3 is 9.73 Å². The number of nitrogens with one attached hydrogen (secondary N) is 2. The van der Waals surface area contributed by atoms with E-state index >= 15 is 0 Å². The highest BCUT2D eigenvalue weighted by Crippen LogP contribution is 2.30. The zero-order chi connectivity index (χ0) is 17.2. The fourth-order valence-electron chi connectivity index (χ4n) is 2.28. The number of hydrogen-bond donors (Lipinski definition) is 2. The Bertz CT molecular complexity index is 1010. The summed E-state index contributed by atoms with van der Waals surface area (Å²) >= 11 is 1.08. The highest BCUT2D eigenvalue weighted by molar-refractivity contribution is 7.94. The van der Waals surface area contributed by atoms with E-state index in [9.17, 15) is 13.2 Å². The largest absolute Gasteiger partial charge is 0.421 e. The summed E-state index contributed by atoms with van der Waals surface area (Å²) in [5.41, 5.74) is 0.00647. The van der Waals surface area contributed by atoms with Crippen molar-refractivity contribution >= 4 is 43.7 Å². The minimum Gasteiger partial charge on any atom is -0.421 e. The lowest BCUT2D eigenvalue weighted by molar-refractivity contribution is 0.563. The molecule has 8 heteroatoms. The number of anilines is 2. The van der Waals surface area contributed by atoms with Gasteiger partial charge in [-0.25, -0.2) is 13.2 Å². The Morgan fingerprint density at radius 3 is 2.62 bits per heavy atom. The second-order valence-corrected chi connectivity index (χ2v) is 7.96. The van der Waals surface area contributed by atoms with E-state index in [0.29, 0.717) is 23.2 Å². The zero-order valence-corrected chi connectivity index (χ0v) is 14.5. The lowest BCUT2D eigenvalue weighted by Crippen LogP contribution is -2.20. The van der Waals surface area contributed by atoms with E-state index in [1.54, 1.807) is 35.7 Å². The van der Waals surface area contributed by atoms with Crippen LogP contribution in [0, 0.1) is 0 Å². The van der Waals surface area contributed by atoms with Crippen molar-refractivity contribution in [3.63, 3.8) is 0 Å². The average molecular weight is 364 g/mol. The molecule has 0 spiro atoms. The van der Waals surface area contributed by atoms with Crippen LogP contribution in [0.3, 0.4) is 0 Å². The molecule has 0 fully saturated rings. The molecule has 126 valence electrons. The van der Waals surface area contributed by atoms with Crippen molar-refractivity contribution in [3.05, 3.63) is 52.2 Å². The van der Waals surface area contributed by atoms with E-state index < -0.39 is 15.6 Å². The third-order valence-corrected chi connectivity index (χ3v) is 6.11. The third kappa shape index (κ3) is 3.15. The Labute approximate surface area is 143 Å². The lowest BCUT2D eigenvalue weighted by Gasteiger charge is -2.14. The smallest absolute Gasteiger partial charge is 0.363 e. The summed E-state index contributed by atoms with van der Waals surface area (Å²) < 4.78 is 32.7. The van der Waals surface area contributed by atoms with Crippen molar-refractivity contribution in [2.45, 2.75) is 17.6 Å². The van der Waals surface area contributed by atoms with Gasteiger partial charge in [0.25, 0.3) is 10.0 Å². The molecule has 0 amide bonds. The predicted molar refractivity (Wildman–Crippen MR) is 96.4 cm³/mol. The summed E-state index contributed by atoms with van der Waals surface area (Å²) in [7, 11) is -3.84. The molecule has 2 aromatic heterocycles. The van der Waals surface area contributed by atoms with E-state index in [4.69, 9.17) is 4.42 Å². The standard InChI is InChI=1S/C16H16N2O4S2/c1-2-9-17-14-11-6-3-4-7-12(11)22-16(19)15(14)18-24(20,21)13-8-5-10-23-13/h3-8,10,17-18H,2,9H2,1H3. The van der Waals surface area contributed by atoms with E-state index in [1.807, 2.05) is 6.92 Å². The van der Waals surface area contributed by atoms with Gasteiger partial charge in [0.2, 0.25) is 0 Å². The summed E-state index contributed by atoms with van der Waals surface area (Å²) in [5.74, 6) is 0. The van der Waals surface area contributed by atoms with Crippen molar-refractivity contribution in [1.29, 1.82) is 0 Å². The first-order valence-corrected chi connectivity index (χ1v) is 9.75. The van der Waals surface area contributed by atoms with Crippen LogP contribution in [0.2, 0.25) is 0 Å². The Balaban J connectivity index is 2.16. The van der Waals surface area contributed by atoms with Gasteiger partial charge in [-0.15, -0.1) is 11.3 Å². The van der Waals surface area contributed by atoms with Crippen molar-refractivity contribution in [1.82, 2.24) is 0 Å². The molecule has 6 nitrogen and oxygen atoms in total. The monoisotopic (exact) mass is 364 g/mol. The topological polar surface area (TPSA) is 88.4 Å². The number of thiophene rings is 1. The van der Waals surface area contributed by atoms with Crippen LogP contribution in [-0.2, 0) is 10.0 Å². The summed E-state index contributed by atoms with van der Waals surface area (Å²) in [5, 5.41) is 5.44. The molecule has 0 saturated carbocycles. The Morgan fingerprint density at radius 2 is 1.92 bits per heavy atom. The van der Waals surface area contributed by atoms with Crippen LogP contribution in [-0.4, -0.2) is 15.0 Å². The SMILES string of the molecule is CCCNc1c(NS(=O)(=O)c2cccs2)c(=O)oc2ccccc12. The van der Waals surface area contributed by atoms with Crippen molar-refractivity contribution < 1.29 is 12.8 Å². The number of fused-ring (bicyclic) bond motifs is 1. The van der Waals surface area contributed by atoms with E-state index in [2.05, 4.69) is 10.0 Å². The van der Waals surface area contributed by atoms with Gasteiger partial charge in [-0.1, -0.05) is 25.1 Å². The van der Waals surface area contributed by atoms with Gasteiger partial charge in [-0.05, 0) is 30.0 Å². The van der Waals surface area contributed by atoms with Gasteiger partial charge in [0.15, 0.2) is 5.69 Å². The molecule has 0 bridgehead atoms.